The average Bonchev–Trinajstić information content (AvgIpc) is 2.46. The van der Waals surface area contributed by atoms with Crippen molar-refractivity contribution in [2.75, 3.05) is 13.6 Å². The van der Waals surface area contributed by atoms with E-state index in [2.05, 4.69) is 0 Å². The smallest absolute Gasteiger partial charge is 0.247 e. The van der Waals surface area contributed by atoms with Gasteiger partial charge in [-0.1, -0.05) is 0 Å². The van der Waals surface area contributed by atoms with Crippen molar-refractivity contribution in [1.29, 1.82) is 0 Å². The molecule has 1 aromatic rings. The molecule has 5 nitrogen and oxygen atoms in total. The van der Waals surface area contributed by atoms with Crippen molar-refractivity contribution in [1.82, 2.24) is 4.31 Å². The minimum Gasteiger partial charge on any atom is -0.387 e. The van der Waals surface area contributed by atoms with Crippen LogP contribution in [0.4, 0.5) is 0 Å². The number of nitrogens with two attached hydrogens (primary N) is 1. The highest BCUT2D eigenvalue weighted by molar-refractivity contribution is 7.99. The number of sulfonamides is 1. The molecule has 8 heteroatoms. The Morgan fingerprint density at radius 2 is 2.33 bits per heavy atom. The molecule has 1 unspecified atom stereocenters. The predicted molar refractivity (Wildman–Crippen MR) is 59.1 cm³/mol. The van der Waals surface area contributed by atoms with E-state index in [0.717, 1.165) is 15.5 Å². The Labute approximate surface area is 96.1 Å². The molecule has 3 N–H and O–H groups in total. The van der Waals surface area contributed by atoms with E-state index in [0.29, 0.717) is 12.1 Å². The summed E-state index contributed by atoms with van der Waals surface area (Å²) in [5.74, 6) is 0. The molecule has 1 aromatic heterocycles. The largest absolute Gasteiger partial charge is 0.387 e. The first-order valence-corrected chi connectivity index (χ1v) is 7.25. The molecule has 1 aliphatic rings. The number of hydrogen-bond donors (Lipinski definition) is 2. The maximum atomic E-state index is 11.1. The van der Waals surface area contributed by atoms with Gasteiger partial charge in [0.05, 0.1) is 10.3 Å². The van der Waals surface area contributed by atoms with Gasteiger partial charge in [-0.3, -0.25) is 0 Å². The van der Waals surface area contributed by atoms with Gasteiger partial charge >= 0.3 is 0 Å². The van der Waals surface area contributed by atoms with Crippen LogP contribution < -0.4 is 5.14 Å². The molecule has 84 valence electrons. The summed E-state index contributed by atoms with van der Waals surface area (Å²) in [7, 11) is -1.82. The highest BCUT2D eigenvalue weighted by atomic mass is 32.3. The molecule has 0 amide bonds. The summed E-state index contributed by atoms with van der Waals surface area (Å²) in [6.45, 7) is 0.485. The average molecular weight is 266 g/mol. The third-order valence-corrected chi connectivity index (χ3v) is 5.71. The lowest BCUT2D eigenvalue weighted by atomic mass is 10.2. The van der Waals surface area contributed by atoms with E-state index in [1.165, 1.54) is 18.0 Å². The van der Waals surface area contributed by atoms with Gasteiger partial charge in [-0.2, -0.15) is 0 Å². The van der Waals surface area contributed by atoms with Crippen LogP contribution in [0.5, 0.6) is 0 Å². The second kappa shape index (κ2) is 3.72. The first-order valence-electron chi connectivity index (χ1n) is 4.11. The van der Waals surface area contributed by atoms with Gasteiger partial charge in [0.25, 0.3) is 0 Å². The Kier molecular flexibility index (Phi) is 2.82. The number of hydrogen-bond acceptors (Lipinski definition) is 6. The van der Waals surface area contributed by atoms with Gasteiger partial charge < -0.3 is 5.11 Å². The molecule has 2 heterocycles. The number of thiophene rings is 1. The van der Waals surface area contributed by atoms with Gasteiger partial charge in [0, 0.05) is 12.1 Å². The van der Waals surface area contributed by atoms with Crippen molar-refractivity contribution in [2.45, 2.75) is 14.5 Å². The maximum absolute atomic E-state index is 11.1. The Morgan fingerprint density at radius 1 is 1.67 bits per heavy atom. The van der Waals surface area contributed by atoms with Crippen molar-refractivity contribution in [3.63, 3.8) is 0 Å². The van der Waals surface area contributed by atoms with Crippen LogP contribution in [0.1, 0.15) is 11.7 Å². The lowest BCUT2D eigenvalue weighted by Crippen LogP contribution is -2.22. The summed E-state index contributed by atoms with van der Waals surface area (Å²) >= 11 is 2.52. The van der Waals surface area contributed by atoms with E-state index >= 15 is 0 Å². The minimum atomic E-state index is -3.66. The molecule has 2 rings (SSSR count). The van der Waals surface area contributed by atoms with E-state index in [4.69, 9.17) is 5.14 Å². The summed E-state index contributed by atoms with van der Waals surface area (Å²) in [4.78, 5) is 0. The summed E-state index contributed by atoms with van der Waals surface area (Å²) in [6, 6.07) is 1.46. The first kappa shape index (κ1) is 11.4. The zero-order valence-electron chi connectivity index (χ0n) is 7.87. The van der Waals surface area contributed by atoms with Crippen LogP contribution in [-0.2, 0) is 10.0 Å². The fourth-order valence-corrected chi connectivity index (χ4v) is 4.77. The Morgan fingerprint density at radius 3 is 2.93 bits per heavy atom. The van der Waals surface area contributed by atoms with Crippen molar-refractivity contribution < 1.29 is 13.5 Å². The molecule has 0 spiro atoms. The number of β-amino-alcohol motifs (C(OH)–C–C–N with tert-alkyl or cyclic N) is 1. The molecule has 1 aliphatic heterocycles. The fourth-order valence-electron chi connectivity index (χ4n) is 1.33. The van der Waals surface area contributed by atoms with Crippen LogP contribution in [0.25, 0.3) is 0 Å². The minimum absolute atomic E-state index is 0.106. The van der Waals surface area contributed by atoms with Crippen LogP contribution in [-0.4, -0.2) is 31.4 Å². The van der Waals surface area contributed by atoms with Gasteiger partial charge in [-0.25, -0.2) is 17.9 Å². The standard InChI is InChI=1S/C7H10N2O3S3/c1-9-3-5(10)4-2-6(15(8,11)12)13-7(4)14-9/h2,5,10H,3H2,1H3,(H2,8,11,12). The van der Waals surface area contributed by atoms with E-state index < -0.39 is 16.1 Å². The monoisotopic (exact) mass is 266 g/mol. The third-order valence-electron chi connectivity index (χ3n) is 2.01. The number of aliphatic hydroxyl groups excluding tert-OH is 1. The molecule has 0 aliphatic carbocycles. The number of fused-ring (bicyclic) bond motifs is 1. The van der Waals surface area contributed by atoms with Crippen LogP contribution >= 0.6 is 23.3 Å². The summed E-state index contributed by atoms with van der Waals surface area (Å²) in [5.41, 5.74) is 0.659. The molecule has 0 bridgehead atoms. The highest BCUT2D eigenvalue weighted by Gasteiger charge is 2.27. The van der Waals surface area contributed by atoms with Crippen molar-refractivity contribution in [3.8, 4) is 0 Å². The van der Waals surface area contributed by atoms with Gasteiger partial charge in [-0.05, 0) is 25.1 Å². The number of likely N-dealkylation sites (N-methyl/N-ethyl adjacent to an activating group) is 1. The maximum Gasteiger partial charge on any atom is 0.247 e. The normalized spacial score (nSPS) is 22.7. The number of rotatable bonds is 1. The quantitative estimate of drug-likeness (QED) is 0.718. The Hall–Kier alpha value is -0.120. The molecule has 15 heavy (non-hydrogen) atoms. The topological polar surface area (TPSA) is 83.6 Å². The molecule has 0 fully saturated rings. The van der Waals surface area contributed by atoms with Gasteiger partial charge in [0.1, 0.15) is 4.21 Å². The number of aliphatic hydroxyl groups is 1. The van der Waals surface area contributed by atoms with Crippen molar-refractivity contribution in [2.24, 2.45) is 5.14 Å². The Balaban J connectivity index is 2.48. The van der Waals surface area contributed by atoms with Gasteiger partial charge in [0.15, 0.2) is 0 Å². The van der Waals surface area contributed by atoms with Crippen LogP contribution in [0, 0.1) is 0 Å². The van der Waals surface area contributed by atoms with Gasteiger partial charge in [-0.15, -0.1) is 11.3 Å². The first-order chi connectivity index (χ1) is 6.88. The fraction of sp³-hybridized carbons (Fsp3) is 0.429. The second-order valence-electron chi connectivity index (χ2n) is 3.27. The predicted octanol–water partition coefficient (Wildman–Crippen LogP) is 0.381. The van der Waals surface area contributed by atoms with Crippen molar-refractivity contribution in [3.05, 3.63) is 11.6 Å². The van der Waals surface area contributed by atoms with Crippen molar-refractivity contribution >= 4 is 33.3 Å². The molecule has 0 radical (unpaired) electrons. The van der Waals surface area contributed by atoms with Gasteiger partial charge in [0.2, 0.25) is 10.0 Å². The SMILES string of the molecule is CN1CC(O)c2cc(S(N)(=O)=O)sc2S1. The zero-order valence-corrected chi connectivity index (χ0v) is 10.3. The third kappa shape index (κ3) is 2.19. The number of nitrogens with zero attached hydrogens (tertiary/aromatic N) is 1. The molecular weight excluding hydrogens is 256 g/mol. The summed E-state index contributed by atoms with van der Waals surface area (Å²) in [6.07, 6.45) is -0.641. The molecule has 0 saturated carbocycles. The summed E-state index contributed by atoms with van der Waals surface area (Å²) in [5, 5.41) is 14.8. The van der Waals surface area contributed by atoms with Crippen LogP contribution in [0.2, 0.25) is 0 Å². The molecule has 0 saturated heterocycles. The van der Waals surface area contributed by atoms with Crippen LogP contribution in [0.3, 0.4) is 0 Å². The molecular formula is C7H10N2O3S3. The lowest BCUT2D eigenvalue weighted by molar-refractivity contribution is 0.152. The van der Waals surface area contributed by atoms with E-state index in [9.17, 15) is 13.5 Å². The lowest BCUT2D eigenvalue weighted by Gasteiger charge is -2.24. The molecule has 1 atom stereocenters. The van der Waals surface area contributed by atoms with Crippen LogP contribution in [0.15, 0.2) is 14.5 Å². The summed E-state index contributed by atoms with van der Waals surface area (Å²) < 4.78 is 25.0. The van der Waals surface area contributed by atoms with E-state index in [1.807, 2.05) is 11.4 Å². The highest BCUT2D eigenvalue weighted by Crippen LogP contribution is 2.42. The van der Waals surface area contributed by atoms with E-state index in [1.54, 1.807) is 0 Å². The zero-order chi connectivity index (χ0) is 11.2. The number of primary sulfonamides is 1. The second-order valence-corrected chi connectivity index (χ2v) is 7.58. The Bertz CT molecular complexity index is 482. The molecule has 0 aromatic carbocycles. The van der Waals surface area contributed by atoms with E-state index in [-0.39, 0.29) is 4.21 Å².